The molecule has 1 aromatic rings. The molecular formula is C17H27ClN2. The minimum absolute atomic E-state index is 0.336. The fourth-order valence-corrected chi connectivity index (χ4v) is 3.37. The second kappa shape index (κ2) is 6.46. The Morgan fingerprint density at radius 1 is 1.40 bits per heavy atom. The molecule has 2 rings (SSSR count). The summed E-state index contributed by atoms with van der Waals surface area (Å²) in [6.45, 7) is 9.18. The fourth-order valence-electron chi connectivity index (χ4n) is 3.08. The molecule has 2 nitrogen and oxygen atoms in total. The molecule has 2 atom stereocenters. The van der Waals surface area contributed by atoms with Crippen molar-refractivity contribution in [1.29, 1.82) is 0 Å². The van der Waals surface area contributed by atoms with E-state index in [4.69, 9.17) is 11.6 Å². The van der Waals surface area contributed by atoms with Gasteiger partial charge < -0.3 is 5.32 Å². The van der Waals surface area contributed by atoms with Crippen molar-refractivity contribution < 1.29 is 0 Å². The predicted molar refractivity (Wildman–Crippen MR) is 87.3 cm³/mol. The van der Waals surface area contributed by atoms with Crippen LogP contribution in [0, 0.1) is 5.41 Å². The molecule has 0 radical (unpaired) electrons. The number of hydrogen-bond acceptors (Lipinski definition) is 2. The molecule has 1 heterocycles. The van der Waals surface area contributed by atoms with Gasteiger partial charge in [-0.2, -0.15) is 0 Å². The second-order valence-corrected chi connectivity index (χ2v) is 7.14. The fraction of sp³-hybridized carbons (Fsp3) is 0.647. The highest BCUT2D eigenvalue weighted by Gasteiger charge is 2.33. The van der Waals surface area contributed by atoms with E-state index < -0.39 is 0 Å². The van der Waals surface area contributed by atoms with Gasteiger partial charge in [-0.25, -0.2) is 0 Å². The van der Waals surface area contributed by atoms with Crippen LogP contribution >= 0.6 is 11.6 Å². The van der Waals surface area contributed by atoms with Crippen LogP contribution in [-0.4, -0.2) is 31.1 Å². The van der Waals surface area contributed by atoms with Gasteiger partial charge in [0.15, 0.2) is 0 Å². The monoisotopic (exact) mass is 294 g/mol. The molecule has 1 fully saturated rings. The third-order valence-corrected chi connectivity index (χ3v) is 5.16. The smallest absolute Gasteiger partial charge is 0.0453 e. The van der Waals surface area contributed by atoms with Crippen molar-refractivity contribution in [1.82, 2.24) is 10.2 Å². The van der Waals surface area contributed by atoms with Gasteiger partial charge in [0.1, 0.15) is 0 Å². The minimum Gasteiger partial charge on any atom is -0.312 e. The van der Waals surface area contributed by atoms with Gasteiger partial charge in [0, 0.05) is 23.7 Å². The second-order valence-electron chi connectivity index (χ2n) is 6.74. The molecule has 1 aliphatic rings. The minimum atomic E-state index is 0.336. The SMILES string of the molecule is CC(c1ccccc1Cl)N(C)CC1NCCCC1(C)C. The van der Waals surface area contributed by atoms with Crippen LogP contribution in [0.3, 0.4) is 0 Å². The molecule has 0 bridgehead atoms. The van der Waals surface area contributed by atoms with E-state index in [1.807, 2.05) is 12.1 Å². The van der Waals surface area contributed by atoms with Crippen molar-refractivity contribution >= 4 is 11.6 Å². The van der Waals surface area contributed by atoms with Gasteiger partial charge >= 0.3 is 0 Å². The van der Waals surface area contributed by atoms with Crippen LogP contribution in [0.5, 0.6) is 0 Å². The van der Waals surface area contributed by atoms with Crippen molar-refractivity contribution in [3.05, 3.63) is 34.9 Å². The zero-order valence-corrected chi connectivity index (χ0v) is 13.9. The van der Waals surface area contributed by atoms with E-state index in [0.29, 0.717) is 17.5 Å². The Labute approximate surface area is 128 Å². The Morgan fingerprint density at radius 2 is 2.10 bits per heavy atom. The standard InChI is InChI=1S/C17H27ClN2/c1-13(14-8-5-6-9-15(14)18)20(4)12-16-17(2,3)10-7-11-19-16/h5-6,8-9,13,16,19H,7,10-12H2,1-4H3. The molecular weight excluding hydrogens is 268 g/mol. The number of benzene rings is 1. The Bertz CT molecular complexity index is 444. The molecule has 1 N–H and O–H groups in total. The summed E-state index contributed by atoms with van der Waals surface area (Å²) in [5.41, 5.74) is 1.58. The maximum absolute atomic E-state index is 6.32. The average Bonchev–Trinajstić information content (AvgIpc) is 2.41. The lowest BCUT2D eigenvalue weighted by Crippen LogP contribution is -2.52. The summed E-state index contributed by atoms with van der Waals surface area (Å²) in [5.74, 6) is 0. The molecule has 20 heavy (non-hydrogen) atoms. The van der Waals surface area contributed by atoms with Gasteiger partial charge in [-0.1, -0.05) is 43.6 Å². The van der Waals surface area contributed by atoms with E-state index in [1.165, 1.54) is 18.4 Å². The molecule has 0 spiro atoms. The summed E-state index contributed by atoms with van der Waals surface area (Å²) in [7, 11) is 2.19. The van der Waals surface area contributed by atoms with E-state index in [-0.39, 0.29) is 0 Å². The first kappa shape index (κ1) is 15.8. The zero-order chi connectivity index (χ0) is 14.8. The van der Waals surface area contributed by atoms with Crippen LogP contribution in [0.4, 0.5) is 0 Å². The predicted octanol–water partition coefficient (Wildman–Crippen LogP) is 4.11. The highest BCUT2D eigenvalue weighted by Crippen LogP contribution is 2.32. The number of nitrogens with zero attached hydrogens (tertiary/aromatic N) is 1. The number of nitrogens with one attached hydrogen (secondary N) is 1. The van der Waals surface area contributed by atoms with Crippen molar-refractivity contribution in [2.24, 2.45) is 5.41 Å². The highest BCUT2D eigenvalue weighted by atomic mass is 35.5. The summed E-state index contributed by atoms with van der Waals surface area (Å²) in [6, 6.07) is 9.04. The molecule has 112 valence electrons. The van der Waals surface area contributed by atoms with E-state index in [1.54, 1.807) is 0 Å². The van der Waals surface area contributed by atoms with E-state index >= 15 is 0 Å². The zero-order valence-electron chi connectivity index (χ0n) is 13.1. The van der Waals surface area contributed by atoms with Gasteiger partial charge in [0.2, 0.25) is 0 Å². The summed E-state index contributed by atoms with van der Waals surface area (Å²) in [5, 5.41) is 4.55. The molecule has 0 amide bonds. The number of rotatable bonds is 4. The van der Waals surface area contributed by atoms with Gasteiger partial charge in [-0.3, -0.25) is 4.90 Å². The van der Waals surface area contributed by atoms with Gasteiger partial charge in [-0.05, 0) is 50.4 Å². The molecule has 1 aliphatic heterocycles. The summed E-state index contributed by atoms with van der Waals surface area (Å²) in [6.07, 6.45) is 2.59. The molecule has 0 saturated carbocycles. The van der Waals surface area contributed by atoms with E-state index in [2.05, 4.69) is 50.2 Å². The Kier molecular flexibility index (Phi) is 5.11. The summed E-state index contributed by atoms with van der Waals surface area (Å²) in [4.78, 5) is 2.41. The van der Waals surface area contributed by atoms with Crippen molar-refractivity contribution in [3.8, 4) is 0 Å². The Hall–Kier alpha value is -0.570. The van der Waals surface area contributed by atoms with Crippen molar-refractivity contribution in [2.45, 2.75) is 45.7 Å². The number of halogens is 1. The van der Waals surface area contributed by atoms with Gasteiger partial charge in [-0.15, -0.1) is 0 Å². The third kappa shape index (κ3) is 3.55. The summed E-state index contributed by atoms with van der Waals surface area (Å²) < 4.78 is 0. The molecule has 1 aromatic carbocycles. The van der Waals surface area contributed by atoms with Crippen LogP contribution < -0.4 is 5.32 Å². The van der Waals surface area contributed by atoms with Crippen LogP contribution in [-0.2, 0) is 0 Å². The van der Waals surface area contributed by atoms with E-state index in [9.17, 15) is 0 Å². The summed E-state index contributed by atoms with van der Waals surface area (Å²) >= 11 is 6.32. The molecule has 0 aliphatic carbocycles. The number of hydrogen-bond donors (Lipinski definition) is 1. The molecule has 2 unspecified atom stereocenters. The van der Waals surface area contributed by atoms with Crippen LogP contribution in [0.1, 0.15) is 45.2 Å². The average molecular weight is 295 g/mol. The van der Waals surface area contributed by atoms with Crippen LogP contribution in [0.25, 0.3) is 0 Å². The first-order chi connectivity index (χ1) is 9.42. The quantitative estimate of drug-likeness (QED) is 0.899. The lowest BCUT2D eigenvalue weighted by atomic mass is 9.77. The lowest BCUT2D eigenvalue weighted by Gasteiger charge is -2.42. The third-order valence-electron chi connectivity index (χ3n) is 4.82. The molecule has 0 aromatic heterocycles. The lowest BCUT2D eigenvalue weighted by molar-refractivity contribution is 0.122. The maximum atomic E-state index is 6.32. The number of piperidine rings is 1. The largest absolute Gasteiger partial charge is 0.312 e. The Morgan fingerprint density at radius 3 is 2.75 bits per heavy atom. The normalized spacial score (nSPS) is 23.8. The molecule has 1 saturated heterocycles. The van der Waals surface area contributed by atoms with Gasteiger partial charge in [0.05, 0.1) is 0 Å². The first-order valence-corrected chi connectivity index (χ1v) is 7.97. The first-order valence-electron chi connectivity index (χ1n) is 7.60. The highest BCUT2D eigenvalue weighted by molar-refractivity contribution is 6.31. The number of likely N-dealkylation sites (N-methyl/N-ethyl adjacent to an activating group) is 1. The van der Waals surface area contributed by atoms with Crippen molar-refractivity contribution in [3.63, 3.8) is 0 Å². The van der Waals surface area contributed by atoms with Crippen LogP contribution in [0.15, 0.2) is 24.3 Å². The van der Waals surface area contributed by atoms with E-state index in [0.717, 1.165) is 18.1 Å². The van der Waals surface area contributed by atoms with Gasteiger partial charge in [0.25, 0.3) is 0 Å². The maximum Gasteiger partial charge on any atom is 0.0453 e. The Balaban J connectivity index is 2.04. The molecule has 3 heteroatoms. The van der Waals surface area contributed by atoms with Crippen molar-refractivity contribution in [2.75, 3.05) is 20.1 Å². The van der Waals surface area contributed by atoms with Crippen LogP contribution in [0.2, 0.25) is 5.02 Å². The topological polar surface area (TPSA) is 15.3 Å².